The van der Waals surface area contributed by atoms with E-state index in [4.69, 9.17) is 0 Å². The Labute approximate surface area is 154 Å². The molecule has 0 bridgehead atoms. The summed E-state index contributed by atoms with van der Waals surface area (Å²) in [5, 5.41) is 1.75. The number of halogens is 3. The zero-order valence-corrected chi connectivity index (χ0v) is 15.0. The van der Waals surface area contributed by atoms with Gasteiger partial charge in [-0.25, -0.2) is 8.42 Å². The smallest absolute Gasteiger partial charge is 0.343 e. The molecule has 2 aromatic rings. The Morgan fingerprint density at radius 2 is 1.78 bits per heavy atom. The molecule has 1 amide bonds. The number of aryl methyl sites for hydroxylation is 2. The number of carbonyl (C=O) groups excluding carboxylic acids is 1. The molecule has 2 aromatic carbocycles. The highest BCUT2D eigenvalue weighted by molar-refractivity contribution is 7.92. The van der Waals surface area contributed by atoms with Crippen molar-refractivity contribution >= 4 is 21.6 Å². The summed E-state index contributed by atoms with van der Waals surface area (Å²) in [5.41, 5.74) is 2.15. The van der Waals surface area contributed by atoms with Gasteiger partial charge in [0.15, 0.2) is 0 Å². The van der Waals surface area contributed by atoms with Gasteiger partial charge in [-0.15, -0.1) is 0 Å². The van der Waals surface area contributed by atoms with Gasteiger partial charge in [0.1, 0.15) is 6.54 Å². The quantitative estimate of drug-likeness (QED) is 0.812. The van der Waals surface area contributed by atoms with E-state index in [-0.39, 0.29) is 16.1 Å². The van der Waals surface area contributed by atoms with Crippen molar-refractivity contribution in [1.29, 1.82) is 0 Å². The first-order chi connectivity index (χ1) is 12.6. The minimum absolute atomic E-state index is 0.0756. The van der Waals surface area contributed by atoms with Crippen LogP contribution in [0.1, 0.15) is 27.9 Å². The van der Waals surface area contributed by atoms with E-state index in [0.717, 1.165) is 30.4 Å². The molecule has 0 saturated heterocycles. The number of nitrogens with one attached hydrogen (secondary N) is 2. The van der Waals surface area contributed by atoms with Crippen LogP contribution in [-0.4, -0.2) is 27.0 Å². The fourth-order valence-corrected chi connectivity index (χ4v) is 4.04. The van der Waals surface area contributed by atoms with Crippen molar-refractivity contribution in [2.24, 2.45) is 0 Å². The van der Waals surface area contributed by atoms with Crippen molar-refractivity contribution in [3.05, 3.63) is 59.2 Å². The molecule has 0 saturated carbocycles. The number of amides is 1. The zero-order chi connectivity index (χ0) is 19.7. The van der Waals surface area contributed by atoms with Gasteiger partial charge in [0.25, 0.3) is 15.9 Å². The van der Waals surface area contributed by atoms with Crippen LogP contribution in [0, 0.1) is 0 Å². The minimum atomic E-state index is -4.53. The Bertz CT molecular complexity index is 972. The highest BCUT2D eigenvalue weighted by Gasteiger charge is 2.28. The monoisotopic (exact) mass is 398 g/mol. The maximum atomic E-state index is 12.6. The van der Waals surface area contributed by atoms with Crippen molar-refractivity contribution in [3.63, 3.8) is 0 Å². The van der Waals surface area contributed by atoms with Gasteiger partial charge in [-0.2, -0.15) is 13.2 Å². The molecule has 9 heteroatoms. The second-order valence-corrected chi connectivity index (χ2v) is 7.95. The maximum absolute atomic E-state index is 12.6. The fourth-order valence-electron chi connectivity index (χ4n) is 2.94. The number of alkyl halides is 3. The number of hydrogen-bond acceptors (Lipinski definition) is 3. The van der Waals surface area contributed by atoms with Crippen molar-refractivity contribution < 1.29 is 26.4 Å². The summed E-state index contributed by atoms with van der Waals surface area (Å²) in [4.78, 5) is 11.9. The van der Waals surface area contributed by atoms with Crippen molar-refractivity contribution in [3.8, 4) is 0 Å². The molecule has 2 N–H and O–H groups in total. The van der Waals surface area contributed by atoms with Crippen molar-refractivity contribution in [1.82, 2.24) is 5.32 Å². The first-order valence-corrected chi connectivity index (χ1v) is 9.72. The van der Waals surface area contributed by atoms with Gasteiger partial charge in [-0.05, 0) is 60.7 Å². The number of hydrogen-bond donors (Lipinski definition) is 2. The van der Waals surface area contributed by atoms with E-state index >= 15 is 0 Å². The highest BCUT2D eigenvalue weighted by atomic mass is 32.2. The molecular weight excluding hydrogens is 381 g/mol. The molecule has 0 unspecified atom stereocenters. The van der Waals surface area contributed by atoms with Gasteiger partial charge in [-0.1, -0.05) is 12.1 Å². The lowest BCUT2D eigenvalue weighted by molar-refractivity contribution is -0.123. The van der Waals surface area contributed by atoms with E-state index in [1.54, 1.807) is 17.4 Å². The third-order valence-electron chi connectivity index (χ3n) is 4.21. The SMILES string of the molecule is O=C(NCC(F)(F)F)c1cccc(NS(=O)(=O)c2ccc3c(c2)CCC3)c1. The number of benzene rings is 2. The van der Waals surface area contributed by atoms with E-state index < -0.39 is 28.7 Å². The molecule has 1 aliphatic carbocycles. The lowest BCUT2D eigenvalue weighted by Gasteiger charge is -2.11. The molecule has 0 aliphatic heterocycles. The zero-order valence-electron chi connectivity index (χ0n) is 14.1. The first kappa shape index (κ1) is 19.2. The van der Waals surface area contributed by atoms with E-state index in [2.05, 4.69) is 4.72 Å². The van der Waals surface area contributed by atoms with Gasteiger partial charge in [0.05, 0.1) is 4.90 Å². The Morgan fingerprint density at radius 3 is 2.52 bits per heavy atom. The highest BCUT2D eigenvalue weighted by Crippen LogP contribution is 2.26. The molecule has 144 valence electrons. The Kier molecular flexibility index (Phi) is 5.14. The van der Waals surface area contributed by atoms with Crippen LogP contribution >= 0.6 is 0 Å². The topological polar surface area (TPSA) is 75.3 Å². The molecule has 0 heterocycles. The average molecular weight is 398 g/mol. The van der Waals surface area contributed by atoms with Crippen molar-refractivity contribution in [2.45, 2.75) is 30.3 Å². The van der Waals surface area contributed by atoms with E-state index in [1.165, 1.54) is 30.3 Å². The number of sulfonamides is 1. The van der Waals surface area contributed by atoms with E-state index in [1.807, 2.05) is 0 Å². The molecule has 0 fully saturated rings. The van der Waals surface area contributed by atoms with Gasteiger partial charge in [0, 0.05) is 11.3 Å². The van der Waals surface area contributed by atoms with Crippen molar-refractivity contribution in [2.75, 3.05) is 11.3 Å². The number of carbonyl (C=O) groups is 1. The van der Waals surface area contributed by atoms with Crippen LogP contribution < -0.4 is 10.0 Å². The Hall–Kier alpha value is -2.55. The molecule has 0 radical (unpaired) electrons. The van der Waals surface area contributed by atoms with Crippen LogP contribution in [0.2, 0.25) is 0 Å². The van der Waals surface area contributed by atoms with Gasteiger partial charge >= 0.3 is 6.18 Å². The number of anilines is 1. The molecule has 1 aliphatic rings. The van der Waals surface area contributed by atoms with Crippen LogP contribution in [0.5, 0.6) is 0 Å². The summed E-state index contributed by atoms with van der Waals surface area (Å²) in [6, 6.07) is 10.2. The third kappa shape index (κ3) is 4.79. The second-order valence-electron chi connectivity index (χ2n) is 6.27. The lowest BCUT2D eigenvalue weighted by atomic mass is 10.1. The first-order valence-electron chi connectivity index (χ1n) is 8.24. The fraction of sp³-hybridized carbons (Fsp3) is 0.278. The summed E-state index contributed by atoms with van der Waals surface area (Å²) in [6.45, 7) is -1.46. The Balaban J connectivity index is 1.76. The summed E-state index contributed by atoms with van der Waals surface area (Å²) >= 11 is 0. The van der Waals surface area contributed by atoms with Gasteiger partial charge < -0.3 is 5.32 Å². The maximum Gasteiger partial charge on any atom is 0.405 e. The Morgan fingerprint density at radius 1 is 1.04 bits per heavy atom. The largest absolute Gasteiger partial charge is 0.405 e. The van der Waals surface area contributed by atoms with Gasteiger partial charge in [-0.3, -0.25) is 9.52 Å². The molecule has 0 spiro atoms. The van der Waals surface area contributed by atoms with E-state index in [9.17, 15) is 26.4 Å². The predicted octanol–water partition coefficient (Wildman–Crippen LogP) is 3.27. The van der Waals surface area contributed by atoms with Crippen LogP contribution in [0.25, 0.3) is 0 Å². The van der Waals surface area contributed by atoms with Crippen LogP contribution in [-0.2, 0) is 22.9 Å². The van der Waals surface area contributed by atoms with Crippen LogP contribution in [0.15, 0.2) is 47.4 Å². The van der Waals surface area contributed by atoms with Crippen LogP contribution in [0.3, 0.4) is 0 Å². The molecule has 0 aromatic heterocycles. The molecule has 3 rings (SSSR count). The minimum Gasteiger partial charge on any atom is -0.343 e. The molecule has 27 heavy (non-hydrogen) atoms. The summed E-state index contributed by atoms with van der Waals surface area (Å²) < 4.78 is 64.2. The van der Waals surface area contributed by atoms with Crippen LogP contribution in [0.4, 0.5) is 18.9 Å². The lowest BCUT2D eigenvalue weighted by Crippen LogP contribution is -2.33. The third-order valence-corrected chi connectivity index (χ3v) is 5.59. The number of rotatable bonds is 5. The normalized spacial score (nSPS) is 13.9. The number of fused-ring (bicyclic) bond motifs is 1. The standard InChI is InChI=1S/C18H17F3N2O3S/c19-18(20,21)11-22-17(24)14-5-2-6-15(9-14)23-27(25,26)16-8-7-12-3-1-4-13(12)10-16/h2,5-10,23H,1,3-4,11H2,(H,22,24). The summed E-state index contributed by atoms with van der Waals surface area (Å²) in [6.07, 6.45) is -1.78. The molecular formula is C18H17F3N2O3S. The summed E-state index contributed by atoms with van der Waals surface area (Å²) in [7, 11) is -3.87. The average Bonchev–Trinajstić information content (AvgIpc) is 3.06. The van der Waals surface area contributed by atoms with E-state index in [0.29, 0.717) is 0 Å². The van der Waals surface area contributed by atoms with Gasteiger partial charge in [0.2, 0.25) is 0 Å². The summed E-state index contributed by atoms with van der Waals surface area (Å²) in [5.74, 6) is -0.939. The second kappa shape index (κ2) is 7.22. The predicted molar refractivity (Wildman–Crippen MR) is 94.1 cm³/mol. The molecule has 0 atom stereocenters. The molecule has 5 nitrogen and oxygen atoms in total.